The molecule has 0 spiro atoms. The van der Waals surface area contributed by atoms with E-state index in [0.29, 0.717) is 11.4 Å². The number of carbonyl (C=O) groups excluding carboxylic acids is 3. The Balaban J connectivity index is 1.66. The van der Waals surface area contributed by atoms with Gasteiger partial charge in [0.25, 0.3) is 0 Å². The van der Waals surface area contributed by atoms with Gasteiger partial charge in [-0.3, -0.25) is 9.69 Å². The number of alkyl carbamates (subject to hydrolysis) is 1. The summed E-state index contributed by atoms with van der Waals surface area (Å²) >= 11 is 0. The lowest BCUT2D eigenvalue weighted by molar-refractivity contribution is -0.118. The SMILES string of the molecule is COC(=O)N(C)c1ccc(NC(=O)[C@H](Cc2ccccc2)NC(=O)OCc2ccccc2)cc1. The average Bonchev–Trinajstić information content (AvgIpc) is 2.88. The lowest BCUT2D eigenvalue weighted by atomic mass is 10.1. The molecule has 3 rings (SSSR count). The Morgan fingerprint density at radius 2 is 1.44 bits per heavy atom. The molecule has 8 nitrogen and oxygen atoms in total. The first-order chi connectivity index (χ1) is 16.5. The molecule has 0 bridgehead atoms. The van der Waals surface area contributed by atoms with E-state index in [2.05, 4.69) is 10.6 Å². The monoisotopic (exact) mass is 461 g/mol. The van der Waals surface area contributed by atoms with Gasteiger partial charge in [-0.05, 0) is 35.4 Å². The van der Waals surface area contributed by atoms with Gasteiger partial charge in [-0.15, -0.1) is 0 Å². The molecule has 0 saturated heterocycles. The fraction of sp³-hybridized carbons (Fsp3) is 0.192. The van der Waals surface area contributed by atoms with Crippen LogP contribution in [0, 0.1) is 0 Å². The molecule has 0 fully saturated rings. The zero-order valence-corrected chi connectivity index (χ0v) is 19.1. The van der Waals surface area contributed by atoms with E-state index in [1.54, 1.807) is 31.3 Å². The second-order valence-electron chi connectivity index (χ2n) is 7.51. The molecule has 0 aromatic heterocycles. The van der Waals surface area contributed by atoms with E-state index in [0.717, 1.165) is 11.1 Å². The van der Waals surface area contributed by atoms with E-state index in [1.165, 1.54) is 12.0 Å². The van der Waals surface area contributed by atoms with Crippen molar-refractivity contribution >= 4 is 29.5 Å². The van der Waals surface area contributed by atoms with Gasteiger partial charge in [0.2, 0.25) is 5.91 Å². The first kappa shape index (κ1) is 24.3. The summed E-state index contributed by atoms with van der Waals surface area (Å²) in [7, 11) is 2.89. The highest BCUT2D eigenvalue weighted by atomic mass is 16.5. The molecule has 0 aliphatic rings. The van der Waals surface area contributed by atoms with Gasteiger partial charge in [0.05, 0.1) is 7.11 Å². The number of hydrogen-bond donors (Lipinski definition) is 2. The zero-order chi connectivity index (χ0) is 24.3. The van der Waals surface area contributed by atoms with Crippen LogP contribution in [-0.2, 0) is 27.3 Å². The van der Waals surface area contributed by atoms with E-state index in [4.69, 9.17) is 9.47 Å². The van der Waals surface area contributed by atoms with Crippen molar-refractivity contribution in [3.8, 4) is 0 Å². The van der Waals surface area contributed by atoms with Crippen LogP contribution < -0.4 is 15.5 Å². The largest absolute Gasteiger partial charge is 0.452 e. The molecule has 0 aliphatic carbocycles. The van der Waals surface area contributed by atoms with Crippen molar-refractivity contribution in [2.45, 2.75) is 19.1 Å². The Labute approximate surface area is 198 Å². The van der Waals surface area contributed by atoms with Crippen molar-refractivity contribution in [2.24, 2.45) is 0 Å². The van der Waals surface area contributed by atoms with Gasteiger partial charge in [0, 0.05) is 24.8 Å². The van der Waals surface area contributed by atoms with Crippen LogP contribution in [0.25, 0.3) is 0 Å². The highest BCUT2D eigenvalue weighted by Crippen LogP contribution is 2.18. The Bertz CT molecular complexity index is 1090. The van der Waals surface area contributed by atoms with Gasteiger partial charge in [-0.25, -0.2) is 9.59 Å². The lowest BCUT2D eigenvalue weighted by Crippen LogP contribution is -2.45. The van der Waals surface area contributed by atoms with Gasteiger partial charge in [-0.2, -0.15) is 0 Å². The molecule has 176 valence electrons. The first-order valence-electron chi connectivity index (χ1n) is 10.7. The van der Waals surface area contributed by atoms with Crippen molar-refractivity contribution in [3.05, 3.63) is 96.1 Å². The van der Waals surface area contributed by atoms with Gasteiger partial charge >= 0.3 is 12.2 Å². The maximum absolute atomic E-state index is 13.0. The number of nitrogens with zero attached hydrogens (tertiary/aromatic N) is 1. The Hall–Kier alpha value is -4.33. The Morgan fingerprint density at radius 1 is 0.853 bits per heavy atom. The number of anilines is 2. The maximum atomic E-state index is 13.0. The molecule has 3 aromatic rings. The van der Waals surface area contributed by atoms with Crippen LogP contribution in [0.5, 0.6) is 0 Å². The minimum Gasteiger partial charge on any atom is -0.452 e. The molecule has 1 atom stereocenters. The van der Waals surface area contributed by atoms with Crippen LogP contribution in [0.4, 0.5) is 21.0 Å². The number of hydrogen-bond acceptors (Lipinski definition) is 5. The molecule has 0 heterocycles. The van der Waals surface area contributed by atoms with Crippen molar-refractivity contribution in [2.75, 3.05) is 24.4 Å². The van der Waals surface area contributed by atoms with Gasteiger partial charge in [-0.1, -0.05) is 60.7 Å². The molecule has 0 unspecified atom stereocenters. The van der Waals surface area contributed by atoms with Crippen molar-refractivity contribution in [3.63, 3.8) is 0 Å². The molecule has 3 amide bonds. The third-order valence-corrected chi connectivity index (χ3v) is 5.07. The normalized spacial score (nSPS) is 11.1. The van der Waals surface area contributed by atoms with Gasteiger partial charge in [0.1, 0.15) is 12.6 Å². The molecule has 8 heteroatoms. The summed E-state index contributed by atoms with van der Waals surface area (Å²) < 4.78 is 9.99. The van der Waals surface area contributed by atoms with Crippen LogP contribution in [0.15, 0.2) is 84.9 Å². The standard InChI is InChI=1S/C26H27N3O5/c1-29(26(32)33-2)22-15-13-21(14-16-22)27-24(30)23(17-19-9-5-3-6-10-19)28-25(31)34-18-20-11-7-4-8-12-20/h3-16,23H,17-18H2,1-2H3,(H,27,30)(H,28,31)/t23-/m0/s1. The van der Waals surface area contributed by atoms with Crippen LogP contribution in [0.3, 0.4) is 0 Å². The fourth-order valence-electron chi connectivity index (χ4n) is 3.21. The number of ether oxygens (including phenoxy) is 2. The smallest absolute Gasteiger partial charge is 0.413 e. The van der Waals surface area contributed by atoms with Gasteiger partial charge < -0.3 is 20.1 Å². The van der Waals surface area contributed by atoms with E-state index >= 15 is 0 Å². The Morgan fingerprint density at radius 3 is 2.03 bits per heavy atom. The highest BCUT2D eigenvalue weighted by Gasteiger charge is 2.22. The lowest BCUT2D eigenvalue weighted by Gasteiger charge is -2.19. The quantitative estimate of drug-likeness (QED) is 0.519. The third-order valence-electron chi connectivity index (χ3n) is 5.07. The molecule has 0 radical (unpaired) electrons. The summed E-state index contributed by atoms with van der Waals surface area (Å²) in [5.41, 5.74) is 2.86. The molecule has 2 N–H and O–H groups in total. The van der Waals surface area contributed by atoms with Gasteiger partial charge in [0.15, 0.2) is 0 Å². The average molecular weight is 462 g/mol. The summed E-state index contributed by atoms with van der Waals surface area (Å²) in [5.74, 6) is -0.394. The number of nitrogens with one attached hydrogen (secondary N) is 2. The highest BCUT2D eigenvalue weighted by molar-refractivity contribution is 5.97. The number of benzene rings is 3. The summed E-state index contributed by atoms with van der Waals surface area (Å²) in [4.78, 5) is 38.5. The molecule has 0 aliphatic heterocycles. The number of amides is 3. The predicted molar refractivity (Wildman–Crippen MR) is 130 cm³/mol. The fourth-order valence-corrected chi connectivity index (χ4v) is 3.21. The third kappa shape index (κ3) is 7.09. The van der Waals surface area contributed by atoms with E-state index in [-0.39, 0.29) is 13.0 Å². The summed E-state index contributed by atoms with van der Waals surface area (Å²) in [6, 6.07) is 24.5. The second-order valence-corrected chi connectivity index (χ2v) is 7.51. The van der Waals surface area contributed by atoms with Crippen LogP contribution >= 0.6 is 0 Å². The predicted octanol–water partition coefficient (Wildman–Crippen LogP) is 4.37. The zero-order valence-electron chi connectivity index (χ0n) is 19.1. The molecular formula is C26H27N3O5. The number of carbonyl (C=O) groups is 3. The molecule has 0 saturated carbocycles. The van der Waals surface area contributed by atoms with Crippen molar-refractivity contribution in [1.82, 2.24) is 5.32 Å². The van der Waals surface area contributed by atoms with E-state index < -0.39 is 24.1 Å². The summed E-state index contributed by atoms with van der Waals surface area (Å²) in [6.07, 6.45) is -0.899. The van der Waals surface area contributed by atoms with E-state index in [1.807, 2.05) is 60.7 Å². The minimum atomic E-state index is -0.858. The summed E-state index contributed by atoms with van der Waals surface area (Å²) in [5, 5.41) is 5.47. The molecule has 3 aromatic carbocycles. The van der Waals surface area contributed by atoms with Crippen LogP contribution in [0.2, 0.25) is 0 Å². The van der Waals surface area contributed by atoms with Crippen molar-refractivity contribution in [1.29, 1.82) is 0 Å². The summed E-state index contributed by atoms with van der Waals surface area (Å²) in [6.45, 7) is 0.0987. The molecular weight excluding hydrogens is 434 g/mol. The number of rotatable bonds is 8. The first-order valence-corrected chi connectivity index (χ1v) is 10.7. The second kappa shape index (κ2) is 12.1. The van der Waals surface area contributed by atoms with Crippen molar-refractivity contribution < 1.29 is 23.9 Å². The van der Waals surface area contributed by atoms with Crippen LogP contribution in [0.1, 0.15) is 11.1 Å². The number of methoxy groups -OCH3 is 1. The Kier molecular flexibility index (Phi) is 8.62. The minimum absolute atomic E-state index is 0.0987. The van der Waals surface area contributed by atoms with Crippen LogP contribution in [-0.4, -0.2) is 38.3 Å². The topological polar surface area (TPSA) is 97.0 Å². The maximum Gasteiger partial charge on any atom is 0.413 e. The molecule has 34 heavy (non-hydrogen) atoms. The van der Waals surface area contributed by atoms with E-state index in [9.17, 15) is 14.4 Å².